The summed E-state index contributed by atoms with van der Waals surface area (Å²) >= 11 is 6.32. The van der Waals surface area contributed by atoms with Crippen LogP contribution in [-0.4, -0.2) is 34.6 Å². The second kappa shape index (κ2) is 10.3. The fourth-order valence-electron chi connectivity index (χ4n) is 3.28. The summed E-state index contributed by atoms with van der Waals surface area (Å²) in [6.45, 7) is 3.28. The van der Waals surface area contributed by atoms with Gasteiger partial charge in [0.25, 0.3) is 5.56 Å². The van der Waals surface area contributed by atoms with Gasteiger partial charge in [0.05, 0.1) is 28.2 Å². The van der Waals surface area contributed by atoms with Gasteiger partial charge in [0.2, 0.25) is 0 Å². The predicted octanol–water partition coefficient (Wildman–Crippen LogP) is 4.93. The van der Waals surface area contributed by atoms with E-state index in [0.29, 0.717) is 33.1 Å². The van der Waals surface area contributed by atoms with E-state index in [1.165, 1.54) is 10.9 Å². The maximum Gasteiger partial charge on any atom is 0.344 e. The van der Waals surface area contributed by atoms with Crippen LogP contribution in [0.25, 0.3) is 22.3 Å². The number of carbonyl (C=O) groups is 1. The molecule has 4 rings (SSSR count). The second-order valence-electron chi connectivity index (χ2n) is 7.70. The van der Waals surface area contributed by atoms with Gasteiger partial charge in [-0.2, -0.15) is 9.78 Å². The summed E-state index contributed by atoms with van der Waals surface area (Å²) in [5, 5.41) is 5.19. The lowest BCUT2D eigenvalue weighted by molar-refractivity contribution is -0.149. The summed E-state index contributed by atoms with van der Waals surface area (Å²) in [7, 11) is 0. The summed E-state index contributed by atoms with van der Waals surface area (Å²) < 4.78 is 11.8. The third-order valence-electron chi connectivity index (χ3n) is 4.78. The molecule has 0 N–H and O–H groups in total. The Morgan fingerprint density at radius 2 is 1.82 bits per heavy atom. The standard InChI is InChI=1S/C26H22ClN3O4/c1-17(2)34-24(31)16-33-23-13-12-18(14-21(23)27)15-28-30-25(19-8-4-3-5-9-19)29-22-11-7-6-10-20(22)26(30)32/h3-15,17H,16H2,1-2H3. The van der Waals surface area contributed by atoms with E-state index >= 15 is 0 Å². The Morgan fingerprint density at radius 1 is 1.09 bits per heavy atom. The van der Waals surface area contributed by atoms with Gasteiger partial charge in [-0.3, -0.25) is 4.79 Å². The number of fused-ring (bicyclic) bond motifs is 1. The highest BCUT2D eigenvalue weighted by Crippen LogP contribution is 2.25. The molecule has 7 nitrogen and oxygen atoms in total. The van der Waals surface area contributed by atoms with Crippen molar-refractivity contribution < 1.29 is 14.3 Å². The first-order valence-corrected chi connectivity index (χ1v) is 11.0. The van der Waals surface area contributed by atoms with E-state index in [9.17, 15) is 9.59 Å². The first-order chi connectivity index (χ1) is 16.4. The first kappa shape index (κ1) is 23.2. The molecule has 3 aromatic carbocycles. The van der Waals surface area contributed by atoms with Gasteiger partial charge in [-0.15, -0.1) is 0 Å². The molecule has 1 aromatic heterocycles. The second-order valence-corrected chi connectivity index (χ2v) is 8.10. The summed E-state index contributed by atoms with van der Waals surface area (Å²) in [4.78, 5) is 29.6. The molecular formula is C26H22ClN3O4. The van der Waals surface area contributed by atoms with Crippen molar-refractivity contribution >= 4 is 34.7 Å². The van der Waals surface area contributed by atoms with Gasteiger partial charge in [0.15, 0.2) is 12.4 Å². The van der Waals surface area contributed by atoms with E-state index in [1.54, 1.807) is 50.2 Å². The molecule has 0 atom stereocenters. The summed E-state index contributed by atoms with van der Waals surface area (Å²) in [6, 6.07) is 21.5. The number of benzene rings is 3. The van der Waals surface area contributed by atoms with Gasteiger partial charge in [-0.25, -0.2) is 9.78 Å². The Morgan fingerprint density at radius 3 is 2.56 bits per heavy atom. The molecule has 4 aromatic rings. The van der Waals surface area contributed by atoms with Gasteiger partial charge in [-0.05, 0) is 49.7 Å². The van der Waals surface area contributed by atoms with Gasteiger partial charge in [-0.1, -0.05) is 54.1 Å². The number of carbonyl (C=O) groups excluding carboxylic acids is 1. The van der Waals surface area contributed by atoms with Crippen LogP contribution in [0.4, 0.5) is 0 Å². The highest BCUT2D eigenvalue weighted by Gasteiger charge is 2.12. The van der Waals surface area contributed by atoms with Crippen LogP contribution in [0.15, 0.2) is 82.7 Å². The molecule has 0 amide bonds. The fraction of sp³-hybridized carbons (Fsp3) is 0.154. The monoisotopic (exact) mass is 475 g/mol. The molecule has 0 bridgehead atoms. The van der Waals surface area contributed by atoms with Crippen molar-refractivity contribution in [2.24, 2.45) is 5.10 Å². The number of hydrogen-bond donors (Lipinski definition) is 0. The van der Waals surface area contributed by atoms with Crippen molar-refractivity contribution in [1.82, 2.24) is 9.66 Å². The number of rotatable bonds is 7. The quantitative estimate of drug-likeness (QED) is 0.279. The minimum Gasteiger partial charge on any atom is -0.480 e. The van der Waals surface area contributed by atoms with E-state index in [-0.39, 0.29) is 18.3 Å². The largest absolute Gasteiger partial charge is 0.480 e. The van der Waals surface area contributed by atoms with Gasteiger partial charge in [0, 0.05) is 5.56 Å². The van der Waals surface area contributed by atoms with Crippen LogP contribution in [0, 0.1) is 0 Å². The van der Waals surface area contributed by atoms with Crippen molar-refractivity contribution in [3.8, 4) is 17.1 Å². The van der Waals surface area contributed by atoms with Crippen molar-refractivity contribution in [1.29, 1.82) is 0 Å². The number of ether oxygens (including phenoxy) is 2. The van der Waals surface area contributed by atoms with E-state index < -0.39 is 5.97 Å². The number of hydrogen-bond acceptors (Lipinski definition) is 6. The minimum absolute atomic E-state index is 0.223. The lowest BCUT2D eigenvalue weighted by Crippen LogP contribution is -2.20. The Balaban J connectivity index is 1.65. The molecular weight excluding hydrogens is 454 g/mol. The Hall–Kier alpha value is -3.97. The van der Waals surface area contributed by atoms with Crippen molar-refractivity contribution in [2.45, 2.75) is 20.0 Å². The van der Waals surface area contributed by atoms with E-state index in [1.807, 2.05) is 36.4 Å². The number of para-hydroxylation sites is 1. The molecule has 0 fully saturated rings. The predicted molar refractivity (Wildman–Crippen MR) is 133 cm³/mol. The van der Waals surface area contributed by atoms with Crippen LogP contribution in [0.2, 0.25) is 5.02 Å². The van der Waals surface area contributed by atoms with Gasteiger partial charge in [0.1, 0.15) is 5.75 Å². The van der Waals surface area contributed by atoms with E-state index in [0.717, 1.165) is 5.56 Å². The SMILES string of the molecule is CC(C)OC(=O)COc1ccc(C=Nn2c(-c3ccccc3)nc3ccccc3c2=O)cc1Cl. The molecule has 0 aliphatic rings. The molecule has 0 aliphatic carbocycles. The zero-order chi connectivity index (χ0) is 24.1. The molecule has 0 aliphatic heterocycles. The highest BCUT2D eigenvalue weighted by atomic mass is 35.5. The van der Waals surface area contributed by atoms with Crippen LogP contribution < -0.4 is 10.3 Å². The Labute approximate surface area is 201 Å². The average Bonchev–Trinajstić information content (AvgIpc) is 2.83. The third-order valence-corrected chi connectivity index (χ3v) is 5.07. The molecule has 0 radical (unpaired) electrons. The van der Waals surface area contributed by atoms with Crippen LogP contribution in [0.3, 0.4) is 0 Å². The topological polar surface area (TPSA) is 82.8 Å². The van der Waals surface area contributed by atoms with Crippen LogP contribution in [-0.2, 0) is 9.53 Å². The van der Waals surface area contributed by atoms with Crippen LogP contribution in [0.1, 0.15) is 19.4 Å². The van der Waals surface area contributed by atoms with Gasteiger partial charge >= 0.3 is 5.97 Å². The number of aromatic nitrogens is 2. The molecule has 0 saturated carbocycles. The molecule has 0 unspecified atom stereocenters. The smallest absolute Gasteiger partial charge is 0.344 e. The lowest BCUT2D eigenvalue weighted by atomic mass is 10.2. The first-order valence-electron chi connectivity index (χ1n) is 10.7. The zero-order valence-corrected chi connectivity index (χ0v) is 19.4. The number of esters is 1. The van der Waals surface area contributed by atoms with E-state index in [4.69, 9.17) is 21.1 Å². The van der Waals surface area contributed by atoms with E-state index in [2.05, 4.69) is 10.1 Å². The van der Waals surface area contributed by atoms with Crippen LogP contribution >= 0.6 is 11.6 Å². The average molecular weight is 476 g/mol. The normalized spacial score (nSPS) is 11.3. The molecule has 172 valence electrons. The molecule has 0 saturated heterocycles. The Kier molecular flexibility index (Phi) is 7.04. The molecule has 0 spiro atoms. The fourth-order valence-corrected chi connectivity index (χ4v) is 3.52. The van der Waals surface area contributed by atoms with Gasteiger partial charge < -0.3 is 9.47 Å². The summed E-state index contributed by atoms with van der Waals surface area (Å²) in [6.07, 6.45) is 1.30. The maximum atomic E-state index is 13.2. The van der Waals surface area contributed by atoms with Crippen molar-refractivity contribution in [3.05, 3.63) is 93.7 Å². The van der Waals surface area contributed by atoms with Crippen LogP contribution in [0.5, 0.6) is 5.75 Å². The molecule has 8 heteroatoms. The summed E-state index contributed by atoms with van der Waals surface area (Å²) in [5.74, 6) is 0.289. The lowest BCUT2D eigenvalue weighted by Gasteiger charge is -2.11. The zero-order valence-electron chi connectivity index (χ0n) is 18.6. The molecule has 1 heterocycles. The maximum absolute atomic E-state index is 13.2. The molecule has 34 heavy (non-hydrogen) atoms. The highest BCUT2D eigenvalue weighted by molar-refractivity contribution is 6.32. The number of nitrogens with zero attached hydrogens (tertiary/aromatic N) is 3. The summed E-state index contributed by atoms with van der Waals surface area (Å²) in [5.41, 5.74) is 1.72. The minimum atomic E-state index is -0.478. The number of halogens is 1. The van der Waals surface area contributed by atoms with Crippen molar-refractivity contribution in [3.63, 3.8) is 0 Å². The third kappa shape index (κ3) is 5.32. The van der Waals surface area contributed by atoms with Crippen molar-refractivity contribution in [2.75, 3.05) is 6.61 Å². The Bertz CT molecular complexity index is 1410.